The smallest absolute Gasteiger partial charge is 0.357 e. The lowest BCUT2D eigenvalue weighted by molar-refractivity contribution is -0.205. The molecule has 44 nitrogen and oxygen atoms in total. The van der Waals surface area contributed by atoms with E-state index >= 15 is 24.0 Å². The first kappa shape index (κ1) is 103. The van der Waals surface area contributed by atoms with E-state index in [4.69, 9.17) is 34.9 Å². The second kappa shape index (κ2) is 44.1. The zero-order chi connectivity index (χ0) is 96.6. The summed E-state index contributed by atoms with van der Waals surface area (Å²) in [7, 11) is 1.08. The molecule has 5 aromatic heterocycles. The van der Waals surface area contributed by atoms with Crippen molar-refractivity contribution in [2.45, 2.75) is 239 Å². The Bertz CT molecular complexity index is 5310. The summed E-state index contributed by atoms with van der Waals surface area (Å²) >= 11 is 5.86. The molecule has 6 aliphatic rings. The van der Waals surface area contributed by atoms with Gasteiger partial charge in [-0.1, -0.05) is 38.5 Å². The maximum atomic E-state index is 15.9. The highest BCUT2D eigenvalue weighted by Gasteiger charge is 2.52. The normalized spacial score (nSPS) is 29.4. The predicted octanol–water partition coefficient (Wildman–Crippen LogP) is -2.20. The third-order valence-electron chi connectivity index (χ3n) is 22.8. The first-order valence-corrected chi connectivity index (χ1v) is 48.5. The zero-order valence-electron chi connectivity index (χ0n) is 73.2. The highest BCUT2D eigenvalue weighted by molar-refractivity contribution is 8.14. The number of aromatic nitrogens is 5. The van der Waals surface area contributed by atoms with E-state index in [1.165, 1.54) is 101 Å². The number of primary amides is 1. The largest absolute Gasteiger partial charge is 0.467 e. The molecular weight excluding hydrogens is 1860 g/mol. The molecule has 0 spiro atoms. The highest BCUT2D eigenvalue weighted by Crippen LogP contribution is 2.48. The van der Waals surface area contributed by atoms with E-state index in [-0.39, 0.29) is 94.7 Å². The van der Waals surface area contributed by atoms with Crippen molar-refractivity contribution in [1.82, 2.24) is 83.4 Å². The number of nitrogens with zero attached hydrogens (tertiary/aromatic N) is 7. The summed E-state index contributed by atoms with van der Waals surface area (Å²) in [5.41, 5.74) is -1.55. The number of aliphatic hydroxyl groups is 9. The molecule has 5 aliphatic heterocycles. The molecule has 0 saturated carbocycles. The molecule has 1 aliphatic carbocycles. The Morgan fingerprint density at radius 2 is 1.45 bits per heavy atom. The number of allylic oxidation sites excluding steroid dienone is 1. The lowest BCUT2D eigenvalue weighted by Gasteiger charge is -2.41. The van der Waals surface area contributed by atoms with Crippen LogP contribution in [-0.2, 0) is 62.9 Å². The average molecular weight is 1970 g/mol. The van der Waals surface area contributed by atoms with Gasteiger partial charge in [-0.15, -0.1) is 68.9 Å². The molecule has 1 saturated heterocycles. The molecule has 22 N–H and O–H groups in total. The topological polar surface area (TPSA) is 679 Å². The summed E-state index contributed by atoms with van der Waals surface area (Å²) in [5, 5.41) is 135. The van der Waals surface area contributed by atoms with Gasteiger partial charge in [-0.05, 0) is 85.8 Å². The van der Waals surface area contributed by atoms with Gasteiger partial charge in [0.15, 0.2) is 0 Å². The van der Waals surface area contributed by atoms with Gasteiger partial charge >= 0.3 is 11.9 Å². The molecule has 0 radical (unpaired) electrons. The van der Waals surface area contributed by atoms with Crippen molar-refractivity contribution in [3.8, 4) is 0 Å². The van der Waals surface area contributed by atoms with Crippen LogP contribution in [0, 0.1) is 5.92 Å². The highest BCUT2D eigenvalue weighted by atomic mass is 32.2. The number of cyclic esters (lactones) is 1. The van der Waals surface area contributed by atoms with Gasteiger partial charge in [0.05, 0.1) is 66.9 Å². The van der Waals surface area contributed by atoms with Crippen LogP contribution < -0.4 is 64.2 Å². The number of fused-ring (bicyclic) bond motifs is 7. The van der Waals surface area contributed by atoms with Gasteiger partial charge in [0.1, 0.15) is 161 Å². The minimum atomic E-state index is -2.25. The molecule has 51 heteroatoms. The van der Waals surface area contributed by atoms with E-state index in [1.807, 2.05) is 0 Å². The average Bonchev–Trinajstić information content (AvgIpc) is 1.56. The van der Waals surface area contributed by atoms with E-state index in [0.29, 0.717) is 6.42 Å². The number of esters is 2. The molecule has 10 heterocycles. The fraction of sp³-hybridized carbons (Fsp3) is 0.556. The number of thioether (sulfide) groups is 3. The van der Waals surface area contributed by atoms with E-state index in [9.17, 15) is 84.3 Å². The Labute approximate surface area is 783 Å². The number of hydrogen-bond donors (Lipinski definition) is 21. The molecule has 25 atom stereocenters. The van der Waals surface area contributed by atoms with Crippen molar-refractivity contribution in [3.05, 3.63) is 111 Å². The SMILES string of the molecule is C/C=C1\NC(=O)[C@H]([C@@H](C)O)NC(=O)c2csc(n2)C23CCC(c4nc(C(=O)NC(CSC5OC(CO)C(O)C(O)C5O)C(N)=O)cs4)=N[C@@H]2c2csc(n2)[C@@H](NC(=O)c2csc(n2)[C@H]([C@](C)(O)[C@@H](C)O)NC(=O)[C@@H]2CSC1=N2)[C@@H](C)OC(=O)c1cc([C@H](C)O)c2c(n1)[C@@H](O)C(C=C2)N[C@@H]([C@@H](C)CC)C(=O)N[C@@H](C)C(=O)NC(CSCC(NC(C)=O)C(=O)OC)C(=O)N[C@@H](C)C(=O)N3. The Balaban J connectivity index is 1.10. The third kappa shape index (κ3) is 23.4. The van der Waals surface area contributed by atoms with Crippen LogP contribution in [0.4, 0.5) is 0 Å². The van der Waals surface area contributed by atoms with Gasteiger partial charge in [-0.25, -0.2) is 34.5 Å². The molecule has 0 aromatic carbocycles. The van der Waals surface area contributed by atoms with Crippen LogP contribution in [0.2, 0.25) is 0 Å². The quantitative estimate of drug-likeness (QED) is 0.0368. The van der Waals surface area contributed by atoms with Crippen molar-refractivity contribution < 1.29 is 122 Å². The lowest BCUT2D eigenvalue weighted by Crippen LogP contribution is -2.60. The summed E-state index contributed by atoms with van der Waals surface area (Å²) in [5.74, 6) is -14.1. The number of rotatable bonds is 20. The number of carbonyl (C=O) groups is 13. The number of carbonyl (C=O) groups excluding carboxylic acids is 13. The van der Waals surface area contributed by atoms with Gasteiger partial charge < -0.3 is 119 Å². The van der Waals surface area contributed by atoms with Crippen LogP contribution in [0.25, 0.3) is 6.08 Å². The van der Waals surface area contributed by atoms with Gasteiger partial charge in [0.2, 0.25) is 47.3 Å². The Hall–Kier alpha value is -9.79. The molecule has 13 bridgehead atoms. The van der Waals surface area contributed by atoms with Gasteiger partial charge in [0, 0.05) is 57.0 Å². The van der Waals surface area contributed by atoms with E-state index in [1.54, 1.807) is 13.8 Å². The minimum absolute atomic E-state index is 0.0151. The van der Waals surface area contributed by atoms with Crippen LogP contribution in [0.1, 0.15) is 210 Å². The van der Waals surface area contributed by atoms with Crippen LogP contribution in [0.5, 0.6) is 0 Å². The molecule has 11 amide bonds. The molecule has 1 fully saturated rings. The number of thiazole rings is 4. The van der Waals surface area contributed by atoms with Crippen LogP contribution >= 0.6 is 80.6 Å². The first-order valence-electron chi connectivity index (χ1n) is 41.7. The van der Waals surface area contributed by atoms with E-state index in [2.05, 4.69) is 78.4 Å². The molecule has 132 heavy (non-hydrogen) atoms. The fourth-order valence-corrected chi connectivity index (χ4v) is 21.8. The van der Waals surface area contributed by atoms with Crippen molar-refractivity contribution in [1.29, 1.82) is 0 Å². The second-order valence-corrected chi connectivity index (χ2v) is 39.2. The molecule has 5 aromatic rings. The number of ether oxygens (including phenoxy) is 3. The summed E-state index contributed by atoms with van der Waals surface area (Å²) in [6, 6.07) is -16.7. The zero-order valence-corrected chi connectivity index (χ0v) is 78.9. The summed E-state index contributed by atoms with van der Waals surface area (Å²) < 4.78 is 16.8. The number of hydrogen-bond acceptors (Lipinski definition) is 40. The number of pyridine rings is 1. The second-order valence-electron chi connectivity index (χ2n) is 32.5. The predicted molar refractivity (Wildman–Crippen MR) is 483 cm³/mol. The molecule has 10 unspecified atom stereocenters. The first-order chi connectivity index (χ1) is 62.4. The standard InChI is InChI=1S/C81H105N19O25S7/c1-13-29(3)52-70(118)84-30(4)63(111)91-45(21-126-22-50(76(120)123-12)85-36(10)105)65(113)83-31(5)64(112)100-81-18-17-41(73-94-46(25-128-73)66(114)90-44(62(82)110)24-131-78-59(109)58(108)57(107)51(20-101)125-78)88-60(81)43-23-129-74(92-43)54(34(8)124-77(121)42-19-38(32(6)102)37-15-16-40(86-52)56(106)55(37)87-42)98-67(115)47-27-130-75(95-47)61(80(11,122)35(9)104)99-69(117)48-26-127-72(93-48)39(14-2)89-71(119)53(33(7)103)97-68(116)49-28-132-79(81)96-49/h14-16,19,23,25,27-35,40,44-45,48,50-54,56-61,78,86,101-104,106-109,122H,13,17-18,20-22,24,26H2,1-12H3,(H2,82,110)(H,83,113)(H,84,118)(H,85,105)(H,89,119)(H,90,114)(H,91,111)(H,97,116)(H,98,115)(H,99,117)(H,100,112)/b39-14-/t29-,30-,31-,32-,33+,34+,35+,40?,44?,45?,48-,50?,51?,52-,53-,54-,56-,57?,58?,59?,60+,61+,78?,80+,81?/m0/s1. The number of nitrogens with one attached hydrogen (secondary N) is 11. The Morgan fingerprint density at radius 3 is 2.11 bits per heavy atom. The van der Waals surface area contributed by atoms with E-state index in [0.717, 1.165) is 94.7 Å². The van der Waals surface area contributed by atoms with Gasteiger partial charge in [-0.3, -0.25) is 68.0 Å². The molecule has 716 valence electrons. The van der Waals surface area contributed by atoms with Crippen LogP contribution in [0.15, 0.2) is 55.4 Å². The number of methoxy groups -OCH3 is 1. The minimum Gasteiger partial charge on any atom is -0.467 e. The van der Waals surface area contributed by atoms with Crippen LogP contribution in [0.3, 0.4) is 0 Å². The van der Waals surface area contributed by atoms with Crippen molar-refractivity contribution in [2.75, 3.05) is 36.7 Å². The van der Waals surface area contributed by atoms with Crippen LogP contribution in [-0.4, -0.2) is 303 Å². The lowest BCUT2D eigenvalue weighted by atomic mass is 9.80. The summed E-state index contributed by atoms with van der Waals surface area (Å²) in [6.45, 7) is 14.4. The fourth-order valence-electron chi connectivity index (χ4n) is 14.7. The van der Waals surface area contributed by atoms with Gasteiger partial charge in [0.25, 0.3) is 17.7 Å². The van der Waals surface area contributed by atoms with E-state index < -0.39 is 256 Å². The maximum Gasteiger partial charge on any atom is 0.357 e. The van der Waals surface area contributed by atoms with Gasteiger partial charge in [-0.2, -0.15) is 11.8 Å². The maximum absolute atomic E-state index is 15.9. The number of amides is 11. The Morgan fingerprint density at radius 1 is 0.758 bits per heavy atom. The third-order valence-corrected chi connectivity index (χ3v) is 30.1. The number of aliphatic hydroxyl groups excluding tert-OH is 8. The number of nitrogens with two attached hydrogens (primary N) is 1. The van der Waals surface area contributed by atoms with Crippen molar-refractivity contribution in [3.63, 3.8) is 0 Å². The monoisotopic (exact) mass is 1970 g/mol. The van der Waals surface area contributed by atoms with Crippen molar-refractivity contribution in [2.24, 2.45) is 21.6 Å². The Kier molecular flexibility index (Phi) is 34.3. The van der Waals surface area contributed by atoms with Crippen molar-refractivity contribution >= 4 is 174 Å². The summed E-state index contributed by atoms with van der Waals surface area (Å²) in [4.78, 5) is 222. The molecule has 11 rings (SSSR count). The molecular formula is C81H105N19O25S7. The number of aliphatic imine (C=N–C) groups is 2. The summed E-state index contributed by atoms with van der Waals surface area (Å²) in [6.07, 6.45) is -10.3.